The van der Waals surface area contributed by atoms with Gasteiger partial charge < -0.3 is 24.8 Å². The van der Waals surface area contributed by atoms with Crippen LogP contribution in [0.1, 0.15) is 45.2 Å². The van der Waals surface area contributed by atoms with Gasteiger partial charge in [0, 0.05) is 26.2 Å². The van der Waals surface area contributed by atoms with E-state index in [2.05, 4.69) is 33.5 Å². The van der Waals surface area contributed by atoms with Gasteiger partial charge in [-0.15, -0.1) is 24.0 Å². The number of rotatable bonds is 8. The van der Waals surface area contributed by atoms with E-state index in [4.69, 9.17) is 14.2 Å². The van der Waals surface area contributed by atoms with Gasteiger partial charge >= 0.3 is 0 Å². The Morgan fingerprint density at radius 1 is 1.27 bits per heavy atom. The van der Waals surface area contributed by atoms with E-state index in [1.54, 1.807) is 7.05 Å². The molecular weight excluding hydrogens is 495 g/mol. The number of hydrogen-bond acceptors (Lipinski definition) is 5. The summed E-state index contributed by atoms with van der Waals surface area (Å²) < 4.78 is 17.5. The number of hydrogen-bond donors (Lipinski definition) is 2. The molecule has 170 valence electrons. The van der Waals surface area contributed by atoms with Gasteiger partial charge in [-0.2, -0.15) is 0 Å². The molecule has 30 heavy (non-hydrogen) atoms. The summed E-state index contributed by atoms with van der Waals surface area (Å²) in [6.45, 7) is 11.1. The van der Waals surface area contributed by atoms with Crippen LogP contribution in [0.25, 0.3) is 0 Å². The second-order valence-electron chi connectivity index (χ2n) is 7.64. The maximum atomic E-state index is 6.04. The number of nitrogens with one attached hydrogen (secondary N) is 2. The number of guanidine groups is 1. The molecule has 2 aliphatic heterocycles. The summed E-state index contributed by atoms with van der Waals surface area (Å²) in [6.07, 6.45) is 2.77. The van der Waals surface area contributed by atoms with Gasteiger partial charge in [-0.3, -0.25) is 9.89 Å². The van der Waals surface area contributed by atoms with E-state index < -0.39 is 0 Å². The number of aliphatic imine (C=N–C) groups is 1. The van der Waals surface area contributed by atoms with Crippen molar-refractivity contribution in [3.8, 4) is 11.5 Å². The van der Waals surface area contributed by atoms with E-state index in [-0.39, 0.29) is 36.1 Å². The minimum Gasteiger partial charge on any atom is -0.490 e. The van der Waals surface area contributed by atoms with Crippen LogP contribution in [-0.4, -0.2) is 69.5 Å². The number of fused-ring (bicyclic) bond motifs is 1. The first-order chi connectivity index (χ1) is 14.1. The van der Waals surface area contributed by atoms with Crippen LogP contribution in [0.4, 0.5) is 0 Å². The molecule has 2 aliphatic rings. The van der Waals surface area contributed by atoms with Gasteiger partial charge in [-0.1, -0.05) is 6.07 Å². The van der Waals surface area contributed by atoms with Crippen molar-refractivity contribution in [3.05, 3.63) is 23.8 Å². The Morgan fingerprint density at radius 3 is 2.77 bits per heavy atom. The highest BCUT2D eigenvalue weighted by Gasteiger charge is 2.32. The molecule has 0 saturated carbocycles. The second-order valence-corrected chi connectivity index (χ2v) is 7.64. The zero-order valence-electron chi connectivity index (χ0n) is 18.6. The fraction of sp³-hybridized carbons (Fsp3) is 0.682. The van der Waals surface area contributed by atoms with Crippen molar-refractivity contribution in [2.24, 2.45) is 4.99 Å². The molecule has 0 spiro atoms. The summed E-state index contributed by atoms with van der Waals surface area (Å²) >= 11 is 0. The predicted molar refractivity (Wildman–Crippen MR) is 131 cm³/mol. The molecule has 0 aromatic heterocycles. The molecule has 1 aromatic rings. The third-order valence-corrected chi connectivity index (χ3v) is 5.60. The summed E-state index contributed by atoms with van der Waals surface area (Å²) in [4.78, 5) is 6.94. The maximum absolute atomic E-state index is 6.04. The molecule has 3 rings (SSSR count). The van der Waals surface area contributed by atoms with Crippen molar-refractivity contribution >= 4 is 29.9 Å². The summed E-state index contributed by atoms with van der Waals surface area (Å²) in [5, 5.41) is 6.89. The fourth-order valence-corrected chi connectivity index (χ4v) is 4.04. The lowest BCUT2D eigenvalue weighted by Gasteiger charge is -2.35. The number of nitrogens with zero attached hydrogens (tertiary/aromatic N) is 2. The second kappa shape index (κ2) is 12.6. The highest BCUT2D eigenvalue weighted by molar-refractivity contribution is 14.0. The summed E-state index contributed by atoms with van der Waals surface area (Å²) in [7, 11) is 1.80. The molecule has 2 fully saturated rings. The first-order valence-corrected chi connectivity index (χ1v) is 10.9. The van der Waals surface area contributed by atoms with Crippen molar-refractivity contribution < 1.29 is 14.2 Å². The van der Waals surface area contributed by atoms with Crippen LogP contribution in [-0.2, 0) is 4.74 Å². The first-order valence-electron chi connectivity index (χ1n) is 10.9. The predicted octanol–water partition coefficient (Wildman–Crippen LogP) is 3.19. The molecule has 2 heterocycles. The number of morpholine rings is 1. The Morgan fingerprint density at radius 2 is 2.03 bits per heavy atom. The van der Waals surface area contributed by atoms with Gasteiger partial charge in [-0.25, -0.2) is 0 Å². The highest BCUT2D eigenvalue weighted by Crippen LogP contribution is 2.30. The van der Waals surface area contributed by atoms with Crippen LogP contribution < -0.4 is 20.1 Å². The van der Waals surface area contributed by atoms with Gasteiger partial charge in [-0.05, 0) is 57.9 Å². The third-order valence-electron chi connectivity index (χ3n) is 5.60. The van der Waals surface area contributed by atoms with Crippen molar-refractivity contribution in [1.82, 2.24) is 15.5 Å². The van der Waals surface area contributed by atoms with Crippen molar-refractivity contribution in [3.63, 3.8) is 0 Å². The lowest BCUT2D eigenvalue weighted by atomic mass is 10.1. The van der Waals surface area contributed by atoms with E-state index in [1.165, 1.54) is 19.4 Å². The number of ether oxygens (including phenoxy) is 3. The van der Waals surface area contributed by atoms with Gasteiger partial charge in [0.1, 0.15) is 0 Å². The molecule has 8 heteroatoms. The molecule has 0 aliphatic carbocycles. The van der Waals surface area contributed by atoms with Crippen molar-refractivity contribution in [2.45, 2.75) is 51.8 Å². The minimum absolute atomic E-state index is 0. The van der Waals surface area contributed by atoms with Crippen LogP contribution in [0.15, 0.2) is 23.2 Å². The Kier molecular flexibility index (Phi) is 10.5. The Balaban J connectivity index is 0.00000320. The maximum Gasteiger partial charge on any atom is 0.191 e. The quantitative estimate of drug-likeness (QED) is 0.305. The van der Waals surface area contributed by atoms with Gasteiger partial charge in [0.05, 0.1) is 32.0 Å². The molecular formula is C22H37IN4O3. The largest absolute Gasteiger partial charge is 0.490 e. The molecule has 2 N–H and O–H groups in total. The van der Waals surface area contributed by atoms with E-state index in [0.29, 0.717) is 19.3 Å². The van der Waals surface area contributed by atoms with Gasteiger partial charge in [0.25, 0.3) is 0 Å². The topological polar surface area (TPSA) is 67.4 Å². The molecule has 3 unspecified atom stereocenters. The summed E-state index contributed by atoms with van der Waals surface area (Å²) in [6, 6.07) is 6.78. The summed E-state index contributed by atoms with van der Waals surface area (Å²) in [5.74, 6) is 2.33. The van der Waals surface area contributed by atoms with E-state index in [9.17, 15) is 0 Å². The van der Waals surface area contributed by atoms with Crippen LogP contribution in [0.3, 0.4) is 0 Å². The zero-order chi connectivity index (χ0) is 20.6. The smallest absolute Gasteiger partial charge is 0.191 e. The molecule has 0 amide bonds. The molecule has 1 aromatic carbocycles. The lowest BCUT2D eigenvalue weighted by molar-refractivity contribution is -0.0453. The standard InChI is InChI=1S/C22H36N4O3.HI/c1-5-27-20-10-9-17(12-21(20)28-6-2)16(3)25-22(23-4)24-13-19-14-26-11-7-8-18(26)15-29-19;/h9-10,12,16,18-19H,5-8,11,13-15H2,1-4H3,(H2,23,24,25);1H. The van der Waals surface area contributed by atoms with Crippen LogP contribution in [0, 0.1) is 0 Å². The molecule has 0 radical (unpaired) electrons. The molecule has 0 bridgehead atoms. The van der Waals surface area contributed by atoms with Crippen molar-refractivity contribution in [1.29, 1.82) is 0 Å². The van der Waals surface area contributed by atoms with Crippen LogP contribution in [0.5, 0.6) is 11.5 Å². The minimum atomic E-state index is 0. The van der Waals surface area contributed by atoms with Gasteiger partial charge in [0.2, 0.25) is 0 Å². The van der Waals surface area contributed by atoms with Gasteiger partial charge in [0.15, 0.2) is 17.5 Å². The average Bonchev–Trinajstić information content (AvgIpc) is 3.20. The van der Waals surface area contributed by atoms with E-state index >= 15 is 0 Å². The first kappa shape index (κ1) is 25.0. The van der Waals surface area contributed by atoms with E-state index in [1.807, 2.05) is 26.0 Å². The SMILES string of the molecule is CCOc1ccc(C(C)NC(=NC)NCC2CN3CCCC3CO2)cc1OCC.I. The molecule has 7 nitrogen and oxygen atoms in total. The normalized spacial score (nSPS) is 22.6. The molecule has 2 saturated heterocycles. The summed E-state index contributed by atoms with van der Waals surface area (Å²) in [5.41, 5.74) is 1.12. The Hall–Kier alpha value is -1.26. The number of benzene rings is 1. The van der Waals surface area contributed by atoms with E-state index in [0.717, 1.165) is 42.7 Å². The monoisotopic (exact) mass is 532 g/mol. The Labute approximate surface area is 197 Å². The number of halogens is 1. The average molecular weight is 532 g/mol. The van der Waals surface area contributed by atoms with Crippen molar-refractivity contribution in [2.75, 3.05) is 46.5 Å². The lowest BCUT2D eigenvalue weighted by Crippen LogP contribution is -2.51. The third kappa shape index (κ3) is 6.62. The van der Waals surface area contributed by atoms with Crippen LogP contribution >= 0.6 is 24.0 Å². The highest BCUT2D eigenvalue weighted by atomic mass is 127. The van der Waals surface area contributed by atoms with Crippen LogP contribution in [0.2, 0.25) is 0 Å². The molecule has 3 atom stereocenters. The Bertz CT molecular complexity index is 688. The fourth-order valence-electron chi connectivity index (χ4n) is 4.04. The zero-order valence-corrected chi connectivity index (χ0v) is 21.0.